The first-order valence-electron chi connectivity index (χ1n) is 12.8. The van der Waals surface area contributed by atoms with Crippen molar-refractivity contribution in [3.8, 4) is 5.75 Å². The van der Waals surface area contributed by atoms with Gasteiger partial charge in [-0.05, 0) is 56.5 Å². The molecule has 4 rings (SSSR count). The van der Waals surface area contributed by atoms with E-state index in [-0.39, 0.29) is 10.7 Å². The van der Waals surface area contributed by atoms with Crippen LogP contribution in [0.2, 0.25) is 0 Å². The number of pyridine rings is 1. The van der Waals surface area contributed by atoms with Crippen molar-refractivity contribution in [2.45, 2.75) is 70.1 Å². The Balaban J connectivity index is 1.79. The summed E-state index contributed by atoms with van der Waals surface area (Å²) in [5.41, 5.74) is 6.03. The average Bonchev–Trinajstić information content (AvgIpc) is 3.21. The molecule has 1 N–H and O–H groups in total. The average molecular weight is 517 g/mol. The number of fused-ring (bicyclic) bond motifs is 1. The largest absolute Gasteiger partial charge is 0.487 e. The quantitative estimate of drug-likeness (QED) is 0.184. The molecule has 2 heterocycles. The van der Waals surface area contributed by atoms with Crippen LogP contribution in [0, 0.1) is 13.8 Å². The maximum absolute atomic E-state index is 13.3. The molecule has 0 aliphatic carbocycles. The fraction of sp³-hybridized carbons (Fsp3) is 0.355. The van der Waals surface area contributed by atoms with E-state index >= 15 is 0 Å². The zero-order valence-electron chi connectivity index (χ0n) is 22.6. The second-order valence-corrected chi connectivity index (χ2v) is 12.1. The van der Waals surface area contributed by atoms with Gasteiger partial charge in [0, 0.05) is 38.0 Å². The SMILES string of the molecule is CCOC(=O)C(Cc1ccccc1)c1[nH]c2ccc(OCc3ccc(C)cn3)c(C)c2c1SC(C)(C)C. The molecular weight excluding hydrogens is 480 g/mol. The van der Waals surface area contributed by atoms with E-state index in [2.05, 4.69) is 49.8 Å². The molecule has 4 aromatic rings. The van der Waals surface area contributed by atoms with Gasteiger partial charge in [-0.2, -0.15) is 0 Å². The summed E-state index contributed by atoms with van der Waals surface area (Å²) >= 11 is 1.77. The number of rotatable bonds is 9. The molecule has 1 unspecified atom stereocenters. The molecule has 0 saturated carbocycles. The van der Waals surface area contributed by atoms with E-state index in [0.29, 0.717) is 19.6 Å². The number of esters is 1. The molecule has 1 atom stereocenters. The van der Waals surface area contributed by atoms with Crippen LogP contribution in [0.3, 0.4) is 0 Å². The molecule has 2 aromatic heterocycles. The summed E-state index contributed by atoms with van der Waals surface area (Å²) in [6, 6.07) is 18.2. The zero-order chi connectivity index (χ0) is 26.6. The molecule has 0 amide bonds. The number of nitrogens with one attached hydrogen (secondary N) is 1. The van der Waals surface area contributed by atoms with Gasteiger partial charge < -0.3 is 14.5 Å². The van der Waals surface area contributed by atoms with Crippen molar-refractivity contribution in [3.05, 3.63) is 88.9 Å². The van der Waals surface area contributed by atoms with Crippen molar-refractivity contribution in [2.24, 2.45) is 0 Å². The predicted molar refractivity (Wildman–Crippen MR) is 151 cm³/mol. The summed E-state index contributed by atoms with van der Waals surface area (Å²) in [6.07, 6.45) is 2.42. The Labute approximate surface area is 224 Å². The number of carbonyl (C=O) groups is 1. The van der Waals surface area contributed by atoms with Crippen LogP contribution in [0.4, 0.5) is 0 Å². The van der Waals surface area contributed by atoms with Crippen LogP contribution >= 0.6 is 11.8 Å². The van der Waals surface area contributed by atoms with Gasteiger partial charge in [0.05, 0.1) is 12.3 Å². The molecule has 0 aliphatic rings. The van der Waals surface area contributed by atoms with E-state index < -0.39 is 5.92 Å². The highest BCUT2D eigenvalue weighted by molar-refractivity contribution is 8.00. The second-order valence-electron chi connectivity index (χ2n) is 10.3. The summed E-state index contributed by atoms with van der Waals surface area (Å²) < 4.78 is 11.7. The highest BCUT2D eigenvalue weighted by Gasteiger charge is 2.31. The van der Waals surface area contributed by atoms with Crippen LogP contribution in [0.5, 0.6) is 5.75 Å². The smallest absolute Gasteiger partial charge is 0.315 e. The fourth-order valence-electron chi connectivity index (χ4n) is 4.37. The normalized spacial score (nSPS) is 12.5. The van der Waals surface area contributed by atoms with Gasteiger partial charge in [-0.1, -0.05) is 57.2 Å². The summed E-state index contributed by atoms with van der Waals surface area (Å²) in [6.45, 7) is 13.3. The standard InChI is InChI=1S/C31H36N2O3S/c1-7-35-30(34)24(17-22-11-9-8-10-12-22)28-29(37-31(4,5)6)27-21(3)26(16-15-25(27)33-28)36-19-23-14-13-20(2)18-32-23/h8-16,18,24,33H,7,17,19H2,1-6H3. The van der Waals surface area contributed by atoms with Gasteiger partial charge in [0.25, 0.3) is 0 Å². The van der Waals surface area contributed by atoms with E-state index in [1.54, 1.807) is 11.8 Å². The maximum Gasteiger partial charge on any atom is 0.315 e. The number of thioether (sulfide) groups is 1. The van der Waals surface area contributed by atoms with Crippen molar-refractivity contribution in [3.63, 3.8) is 0 Å². The summed E-state index contributed by atoms with van der Waals surface area (Å²) in [5, 5.41) is 1.09. The number of aryl methyl sites for hydroxylation is 2. The summed E-state index contributed by atoms with van der Waals surface area (Å²) in [4.78, 5) is 22.4. The molecule has 5 nitrogen and oxygen atoms in total. The second kappa shape index (κ2) is 11.4. The highest BCUT2D eigenvalue weighted by atomic mass is 32.2. The number of hydrogen-bond acceptors (Lipinski definition) is 5. The first-order valence-corrected chi connectivity index (χ1v) is 13.6. The molecule has 0 aliphatic heterocycles. The number of hydrogen-bond donors (Lipinski definition) is 1. The number of aromatic amines is 1. The molecule has 0 fully saturated rings. The number of aromatic nitrogens is 2. The minimum absolute atomic E-state index is 0.0645. The lowest BCUT2D eigenvalue weighted by Gasteiger charge is -2.22. The Morgan fingerprint density at radius 2 is 1.81 bits per heavy atom. The summed E-state index contributed by atoms with van der Waals surface area (Å²) in [5.74, 6) is 0.153. The van der Waals surface area contributed by atoms with Gasteiger partial charge in [0.1, 0.15) is 18.3 Å². The van der Waals surface area contributed by atoms with Crippen molar-refractivity contribution in [1.29, 1.82) is 0 Å². The molecule has 0 radical (unpaired) electrons. The van der Waals surface area contributed by atoms with Crippen molar-refractivity contribution in [2.75, 3.05) is 6.61 Å². The number of ether oxygens (including phenoxy) is 2. The van der Waals surface area contributed by atoms with Gasteiger partial charge in [-0.25, -0.2) is 0 Å². The van der Waals surface area contributed by atoms with Crippen molar-refractivity contribution < 1.29 is 14.3 Å². The van der Waals surface area contributed by atoms with Gasteiger partial charge >= 0.3 is 5.97 Å². The van der Waals surface area contributed by atoms with Crippen molar-refractivity contribution >= 4 is 28.6 Å². The van der Waals surface area contributed by atoms with Gasteiger partial charge in [-0.15, -0.1) is 11.8 Å². The molecule has 194 valence electrons. The zero-order valence-corrected chi connectivity index (χ0v) is 23.4. The van der Waals surface area contributed by atoms with E-state index in [1.807, 2.05) is 62.5 Å². The number of nitrogens with zero attached hydrogens (tertiary/aromatic N) is 1. The lowest BCUT2D eigenvalue weighted by atomic mass is 9.96. The third-order valence-corrected chi connectivity index (χ3v) is 7.36. The maximum atomic E-state index is 13.3. The van der Waals surface area contributed by atoms with Crippen LogP contribution < -0.4 is 4.74 Å². The minimum Gasteiger partial charge on any atom is -0.487 e. The predicted octanol–water partition coefficient (Wildman–Crippen LogP) is 7.54. The van der Waals surface area contributed by atoms with Gasteiger partial charge in [0.15, 0.2) is 0 Å². The third kappa shape index (κ3) is 6.55. The third-order valence-electron chi connectivity index (χ3n) is 6.11. The highest BCUT2D eigenvalue weighted by Crippen LogP contribution is 2.45. The van der Waals surface area contributed by atoms with Crippen molar-refractivity contribution in [1.82, 2.24) is 9.97 Å². The van der Waals surface area contributed by atoms with Crippen LogP contribution in [-0.4, -0.2) is 27.3 Å². The number of H-pyrrole nitrogens is 1. The Bertz CT molecular complexity index is 1360. The molecule has 37 heavy (non-hydrogen) atoms. The van der Waals surface area contributed by atoms with Crippen LogP contribution in [0.25, 0.3) is 10.9 Å². The molecule has 0 saturated heterocycles. The monoisotopic (exact) mass is 516 g/mol. The Hall–Kier alpha value is -3.25. The molecule has 6 heteroatoms. The van der Waals surface area contributed by atoms with E-state index in [0.717, 1.165) is 49.6 Å². The number of benzene rings is 2. The summed E-state index contributed by atoms with van der Waals surface area (Å²) in [7, 11) is 0. The Morgan fingerprint density at radius 3 is 2.46 bits per heavy atom. The molecule has 2 aromatic carbocycles. The van der Waals surface area contributed by atoms with E-state index in [9.17, 15) is 4.79 Å². The lowest BCUT2D eigenvalue weighted by molar-refractivity contribution is -0.145. The van der Waals surface area contributed by atoms with Crippen LogP contribution in [0.1, 0.15) is 61.7 Å². The number of carbonyl (C=O) groups excluding carboxylic acids is 1. The lowest BCUT2D eigenvalue weighted by Crippen LogP contribution is -2.20. The van der Waals surface area contributed by atoms with Gasteiger partial charge in [-0.3, -0.25) is 9.78 Å². The van der Waals surface area contributed by atoms with E-state index in [4.69, 9.17) is 9.47 Å². The minimum atomic E-state index is -0.444. The molecular formula is C31H36N2O3S. The Kier molecular flexibility index (Phi) is 8.28. The topological polar surface area (TPSA) is 64.2 Å². The first kappa shape index (κ1) is 26.8. The fourth-order valence-corrected chi connectivity index (χ4v) is 5.65. The molecule has 0 spiro atoms. The van der Waals surface area contributed by atoms with Gasteiger partial charge in [0.2, 0.25) is 0 Å². The van der Waals surface area contributed by atoms with Crippen LogP contribution in [0.15, 0.2) is 65.7 Å². The Morgan fingerprint density at radius 1 is 1.05 bits per heavy atom. The van der Waals surface area contributed by atoms with E-state index in [1.165, 1.54) is 0 Å². The van der Waals surface area contributed by atoms with Crippen LogP contribution in [-0.2, 0) is 22.6 Å². The molecule has 0 bridgehead atoms. The first-order chi connectivity index (χ1) is 17.7.